The fourth-order valence-corrected chi connectivity index (χ4v) is 2.40. The fourth-order valence-electron chi connectivity index (χ4n) is 2.40. The van der Waals surface area contributed by atoms with Crippen LogP contribution in [0.1, 0.15) is 27.3 Å². The van der Waals surface area contributed by atoms with E-state index in [1.807, 2.05) is 75.4 Å². The van der Waals surface area contributed by atoms with E-state index in [9.17, 15) is 4.79 Å². The highest BCUT2D eigenvalue weighted by Crippen LogP contribution is 2.20. The molecule has 0 spiro atoms. The number of imidazole rings is 1. The van der Waals surface area contributed by atoms with Gasteiger partial charge in [-0.2, -0.15) is 0 Å². The molecule has 0 atom stereocenters. The minimum Gasteiger partial charge on any atom is -0.267 e. The Morgan fingerprint density at radius 2 is 1.61 bits per heavy atom. The van der Waals surface area contributed by atoms with Crippen LogP contribution in [0.3, 0.4) is 0 Å². The molecule has 4 heteroatoms. The second-order valence-electron chi connectivity index (χ2n) is 5.61. The van der Waals surface area contributed by atoms with E-state index >= 15 is 0 Å². The average Bonchev–Trinajstić information content (AvgIpc) is 2.84. The van der Waals surface area contributed by atoms with Gasteiger partial charge in [0.1, 0.15) is 0 Å². The van der Waals surface area contributed by atoms with Crippen LogP contribution in [0, 0.1) is 20.8 Å². The van der Waals surface area contributed by atoms with E-state index in [0.29, 0.717) is 5.56 Å². The fraction of sp³-hybridized carbons (Fsp3) is 0.158. The van der Waals surface area contributed by atoms with Crippen LogP contribution in [-0.2, 0) is 0 Å². The molecule has 3 aromatic rings. The Morgan fingerprint density at radius 1 is 0.957 bits per heavy atom. The third kappa shape index (κ3) is 3.01. The maximum absolute atomic E-state index is 12.5. The minimum atomic E-state index is -0.150. The molecule has 1 N–H and O–H groups in total. The molecular weight excluding hydrogens is 286 g/mol. The van der Waals surface area contributed by atoms with Gasteiger partial charge in [0.15, 0.2) is 5.82 Å². The van der Waals surface area contributed by atoms with Gasteiger partial charge < -0.3 is 0 Å². The van der Waals surface area contributed by atoms with Crippen molar-refractivity contribution in [3.05, 3.63) is 77.1 Å². The van der Waals surface area contributed by atoms with Crippen molar-refractivity contribution in [2.24, 2.45) is 0 Å². The molecule has 4 nitrogen and oxygen atoms in total. The zero-order chi connectivity index (χ0) is 16.4. The number of hydrogen-bond acceptors (Lipinski definition) is 2. The molecule has 116 valence electrons. The van der Waals surface area contributed by atoms with E-state index in [1.165, 1.54) is 0 Å². The molecular formula is C19H19N3O. The largest absolute Gasteiger partial charge is 0.270 e. The number of carbonyl (C=O) groups excluding carboxylic acids is 1. The average molecular weight is 305 g/mol. The molecule has 1 heterocycles. The molecule has 0 aliphatic heterocycles. The molecule has 0 radical (unpaired) electrons. The zero-order valence-corrected chi connectivity index (χ0v) is 13.5. The standard InChI is InChI=1S/C19H19N3O/c1-13-9-11-17(12-10-13)19(23)21-22-15(3)14(2)20-18(22)16-7-5-4-6-8-16/h4-12H,1-3H3,(H,21,23). The maximum atomic E-state index is 12.5. The Balaban J connectivity index is 1.97. The first-order chi connectivity index (χ1) is 11.1. The molecule has 0 aliphatic rings. The highest BCUT2D eigenvalue weighted by Gasteiger charge is 2.15. The third-order valence-corrected chi connectivity index (χ3v) is 3.90. The summed E-state index contributed by atoms with van der Waals surface area (Å²) < 4.78 is 1.76. The number of carbonyl (C=O) groups is 1. The molecule has 0 saturated heterocycles. The Hall–Kier alpha value is -2.88. The van der Waals surface area contributed by atoms with Crippen molar-refractivity contribution < 1.29 is 4.79 Å². The number of benzene rings is 2. The summed E-state index contributed by atoms with van der Waals surface area (Å²) in [6.07, 6.45) is 0. The predicted octanol–water partition coefficient (Wildman–Crippen LogP) is 3.86. The van der Waals surface area contributed by atoms with Gasteiger partial charge in [-0.1, -0.05) is 48.0 Å². The van der Waals surface area contributed by atoms with E-state index in [4.69, 9.17) is 0 Å². The van der Waals surface area contributed by atoms with Crippen LogP contribution in [0.4, 0.5) is 0 Å². The summed E-state index contributed by atoms with van der Waals surface area (Å²) in [6, 6.07) is 17.4. The summed E-state index contributed by atoms with van der Waals surface area (Å²) in [5.41, 5.74) is 7.48. The Bertz CT molecular complexity index is 833. The summed E-state index contributed by atoms with van der Waals surface area (Å²) in [6.45, 7) is 5.89. The van der Waals surface area contributed by atoms with Crippen molar-refractivity contribution in [2.45, 2.75) is 20.8 Å². The van der Waals surface area contributed by atoms with Gasteiger partial charge in [-0.25, -0.2) is 9.66 Å². The van der Waals surface area contributed by atoms with Gasteiger partial charge in [-0.05, 0) is 32.9 Å². The van der Waals surface area contributed by atoms with Crippen LogP contribution < -0.4 is 5.43 Å². The van der Waals surface area contributed by atoms with Gasteiger partial charge >= 0.3 is 0 Å². The number of nitrogens with zero attached hydrogens (tertiary/aromatic N) is 2. The Labute approximate surface area is 135 Å². The Kier molecular flexibility index (Phi) is 3.98. The molecule has 23 heavy (non-hydrogen) atoms. The van der Waals surface area contributed by atoms with Gasteiger partial charge in [0.25, 0.3) is 5.91 Å². The molecule has 3 rings (SSSR count). The van der Waals surface area contributed by atoms with Crippen molar-refractivity contribution in [1.29, 1.82) is 0 Å². The first-order valence-corrected chi connectivity index (χ1v) is 7.55. The topological polar surface area (TPSA) is 46.9 Å². The lowest BCUT2D eigenvalue weighted by molar-refractivity contribution is 0.101. The summed E-state index contributed by atoms with van der Waals surface area (Å²) in [5, 5.41) is 0. The second-order valence-corrected chi connectivity index (χ2v) is 5.61. The van der Waals surface area contributed by atoms with Crippen LogP contribution in [0.2, 0.25) is 0 Å². The Morgan fingerprint density at radius 3 is 2.26 bits per heavy atom. The quantitative estimate of drug-likeness (QED) is 0.798. The predicted molar refractivity (Wildman–Crippen MR) is 92.0 cm³/mol. The van der Waals surface area contributed by atoms with E-state index in [0.717, 1.165) is 28.3 Å². The van der Waals surface area contributed by atoms with Crippen molar-refractivity contribution >= 4 is 5.91 Å². The molecule has 0 saturated carbocycles. The van der Waals surface area contributed by atoms with Crippen molar-refractivity contribution in [1.82, 2.24) is 9.66 Å². The lowest BCUT2D eigenvalue weighted by Crippen LogP contribution is -2.24. The molecule has 0 bridgehead atoms. The first kappa shape index (κ1) is 15.0. The lowest BCUT2D eigenvalue weighted by Gasteiger charge is -2.12. The minimum absolute atomic E-state index is 0.150. The number of amides is 1. The molecule has 0 aliphatic carbocycles. The van der Waals surface area contributed by atoms with Crippen molar-refractivity contribution in [2.75, 3.05) is 5.43 Å². The normalized spacial score (nSPS) is 10.6. The van der Waals surface area contributed by atoms with Gasteiger partial charge in [0.2, 0.25) is 0 Å². The van der Waals surface area contributed by atoms with E-state index in [-0.39, 0.29) is 5.91 Å². The molecule has 1 aromatic heterocycles. The van der Waals surface area contributed by atoms with Gasteiger partial charge in [-0.15, -0.1) is 0 Å². The maximum Gasteiger partial charge on any atom is 0.270 e. The van der Waals surface area contributed by atoms with Crippen LogP contribution in [0.25, 0.3) is 11.4 Å². The second kappa shape index (κ2) is 6.08. The van der Waals surface area contributed by atoms with E-state index in [1.54, 1.807) is 4.68 Å². The highest BCUT2D eigenvalue weighted by atomic mass is 16.2. The molecule has 2 aromatic carbocycles. The molecule has 1 amide bonds. The van der Waals surface area contributed by atoms with Gasteiger partial charge in [0, 0.05) is 11.1 Å². The number of nitrogens with one attached hydrogen (secondary N) is 1. The summed E-state index contributed by atoms with van der Waals surface area (Å²) in [7, 11) is 0. The van der Waals surface area contributed by atoms with Crippen LogP contribution in [0.5, 0.6) is 0 Å². The smallest absolute Gasteiger partial charge is 0.267 e. The number of hydrogen-bond donors (Lipinski definition) is 1. The molecule has 0 unspecified atom stereocenters. The van der Waals surface area contributed by atoms with Crippen LogP contribution in [-0.4, -0.2) is 15.6 Å². The number of rotatable bonds is 3. The van der Waals surface area contributed by atoms with E-state index < -0.39 is 0 Å². The first-order valence-electron chi connectivity index (χ1n) is 7.55. The lowest BCUT2D eigenvalue weighted by atomic mass is 10.1. The number of aromatic nitrogens is 2. The van der Waals surface area contributed by atoms with Gasteiger partial charge in [-0.3, -0.25) is 10.2 Å². The summed E-state index contributed by atoms with van der Waals surface area (Å²) in [4.78, 5) is 17.1. The van der Waals surface area contributed by atoms with Crippen LogP contribution in [0.15, 0.2) is 54.6 Å². The van der Waals surface area contributed by atoms with Crippen LogP contribution >= 0.6 is 0 Å². The zero-order valence-electron chi connectivity index (χ0n) is 13.5. The highest BCUT2D eigenvalue weighted by molar-refractivity contribution is 6.00. The van der Waals surface area contributed by atoms with Gasteiger partial charge in [0.05, 0.1) is 11.4 Å². The monoisotopic (exact) mass is 305 g/mol. The summed E-state index contributed by atoms with van der Waals surface area (Å²) in [5.74, 6) is 0.587. The van der Waals surface area contributed by atoms with Crippen molar-refractivity contribution in [3.63, 3.8) is 0 Å². The SMILES string of the molecule is Cc1ccc(C(=O)Nn2c(-c3ccccc3)nc(C)c2C)cc1. The molecule has 0 fully saturated rings. The van der Waals surface area contributed by atoms with Crippen molar-refractivity contribution in [3.8, 4) is 11.4 Å². The van der Waals surface area contributed by atoms with E-state index in [2.05, 4.69) is 10.4 Å². The third-order valence-electron chi connectivity index (χ3n) is 3.90. The summed E-state index contributed by atoms with van der Waals surface area (Å²) >= 11 is 0. The number of aryl methyl sites for hydroxylation is 2.